The summed E-state index contributed by atoms with van der Waals surface area (Å²) in [6, 6.07) is 7.62. The smallest absolute Gasteiger partial charge is 0.257 e. The molecule has 0 fully saturated rings. The molecule has 3 nitrogen and oxygen atoms in total. The molecule has 0 aliphatic rings. The second-order valence-corrected chi connectivity index (χ2v) is 4.69. The Balaban J connectivity index is 2.23. The van der Waals surface area contributed by atoms with Gasteiger partial charge in [0, 0.05) is 10.1 Å². The van der Waals surface area contributed by atoms with E-state index in [1.807, 2.05) is 24.3 Å². The van der Waals surface area contributed by atoms with Crippen molar-refractivity contribution in [2.45, 2.75) is 19.8 Å². The number of carbonyl (C=O) groups is 1. The van der Waals surface area contributed by atoms with E-state index in [0.29, 0.717) is 0 Å². The van der Waals surface area contributed by atoms with Crippen molar-refractivity contribution >= 4 is 28.5 Å². The lowest BCUT2D eigenvalue weighted by Gasteiger charge is -2.06. The molecule has 4 heteroatoms. The first kappa shape index (κ1) is 13.3. The molecule has 1 amide bonds. The van der Waals surface area contributed by atoms with E-state index in [9.17, 15) is 4.79 Å². The van der Waals surface area contributed by atoms with Crippen molar-refractivity contribution in [2.75, 3.05) is 13.2 Å². The van der Waals surface area contributed by atoms with Gasteiger partial charge in [0.25, 0.3) is 5.91 Å². The van der Waals surface area contributed by atoms with Gasteiger partial charge in [-0.15, -0.1) is 0 Å². The quantitative estimate of drug-likeness (QED) is 0.642. The minimum atomic E-state index is -0.0630. The van der Waals surface area contributed by atoms with Crippen LogP contribution >= 0.6 is 22.6 Å². The highest BCUT2D eigenvalue weighted by atomic mass is 127. The lowest BCUT2D eigenvalue weighted by molar-refractivity contribution is -0.123. The summed E-state index contributed by atoms with van der Waals surface area (Å²) in [6.07, 6.45) is 2.09. The van der Waals surface area contributed by atoms with Crippen LogP contribution in [0.3, 0.4) is 0 Å². The predicted octanol–water partition coefficient (Wildman–Crippen LogP) is 2.59. The molecule has 0 atom stereocenters. The molecule has 1 rings (SSSR count). The topological polar surface area (TPSA) is 38.3 Å². The molecule has 0 radical (unpaired) electrons. The third-order valence-corrected chi connectivity index (χ3v) is 2.76. The number of ether oxygens (including phenoxy) is 1. The van der Waals surface area contributed by atoms with Gasteiger partial charge >= 0.3 is 0 Å². The van der Waals surface area contributed by atoms with Crippen molar-refractivity contribution in [3.05, 3.63) is 27.8 Å². The van der Waals surface area contributed by atoms with Gasteiger partial charge < -0.3 is 10.1 Å². The van der Waals surface area contributed by atoms with Crippen LogP contribution in [-0.2, 0) is 4.79 Å². The van der Waals surface area contributed by atoms with Gasteiger partial charge in [-0.2, -0.15) is 0 Å². The number of benzene rings is 1. The van der Waals surface area contributed by atoms with Crippen molar-refractivity contribution in [2.24, 2.45) is 0 Å². The van der Waals surface area contributed by atoms with Crippen molar-refractivity contribution in [1.82, 2.24) is 5.32 Å². The van der Waals surface area contributed by atoms with Crippen LogP contribution in [0.25, 0.3) is 0 Å². The highest BCUT2D eigenvalue weighted by Gasteiger charge is 2.01. The van der Waals surface area contributed by atoms with Gasteiger partial charge in [-0.3, -0.25) is 4.79 Å². The SMILES string of the molecule is CCCCNC(=O)COc1ccc(I)cc1. The van der Waals surface area contributed by atoms with Crippen LogP contribution in [0.4, 0.5) is 0 Å². The molecule has 16 heavy (non-hydrogen) atoms. The molecule has 0 aromatic heterocycles. The summed E-state index contributed by atoms with van der Waals surface area (Å²) in [5.41, 5.74) is 0. The minimum absolute atomic E-state index is 0.0630. The molecular formula is C12H16INO2. The number of hydrogen-bond donors (Lipinski definition) is 1. The second kappa shape index (κ2) is 7.49. The van der Waals surface area contributed by atoms with E-state index in [4.69, 9.17) is 4.74 Å². The largest absolute Gasteiger partial charge is 0.484 e. The van der Waals surface area contributed by atoms with Gasteiger partial charge in [0.15, 0.2) is 6.61 Å². The molecule has 0 heterocycles. The van der Waals surface area contributed by atoms with Crippen LogP contribution in [0, 0.1) is 3.57 Å². The Hall–Kier alpha value is -0.780. The number of hydrogen-bond acceptors (Lipinski definition) is 2. The molecule has 1 N–H and O–H groups in total. The van der Waals surface area contributed by atoms with E-state index >= 15 is 0 Å². The van der Waals surface area contributed by atoms with E-state index in [-0.39, 0.29) is 12.5 Å². The normalized spacial score (nSPS) is 9.88. The van der Waals surface area contributed by atoms with Crippen LogP contribution in [-0.4, -0.2) is 19.1 Å². The van der Waals surface area contributed by atoms with Crippen molar-refractivity contribution in [3.63, 3.8) is 0 Å². The minimum Gasteiger partial charge on any atom is -0.484 e. The van der Waals surface area contributed by atoms with E-state index in [1.165, 1.54) is 0 Å². The Morgan fingerprint density at radius 3 is 2.69 bits per heavy atom. The van der Waals surface area contributed by atoms with Crippen LogP contribution in [0.2, 0.25) is 0 Å². The molecule has 0 saturated carbocycles. The number of unbranched alkanes of at least 4 members (excludes halogenated alkanes) is 1. The van der Waals surface area contributed by atoms with Crippen LogP contribution in [0.1, 0.15) is 19.8 Å². The highest BCUT2D eigenvalue weighted by molar-refractivity contribution is 14.1. The first-order valence-electron chi connectivity index (χ1n) is 5.37. The average molecular weight is 333 g/mol. The fourth-order valence-electron chi connectivity index (χ4n) is 1.14. The summed E-state index contributed by atoms with van der Waals surface area (Å²) in [5.74, 6) is 0.665. The van der Waals surface area contributed by atoms with Gasteiger partial charge in [0.05, 0.1) is 0 Å². The zero-order valence-corrected chi connectivity index (χ0v) is 11.5. The molecule has 1 aromatic carbocycles. The fourth-order valence-corrected chi connectivity index (χ4v) is 1.49. The number of halogens is 1. The maximum Gasteiger partial charge on any atom is 0.257 e. The molecule has 0 aliphatic carbocycles. The maximum absolute atomic E-state index is 11.3. The van der Waals surface area contributed by atoms with Gasteiger partial charge in [0.2, 0.25) is 0 Å². The number of rotatable bonds is 6. The van der Waals surface area contributed by atoms with Crippen molar-refractivity contribution in [3.8, 4) is 5.75 Å². The van der Waals surface area contributed by atoms with Gasteiger partial charge in [-0.05, 0) is 53.3 Å². The Morgan fingerprint density at radius 1 is 1.38 bits per heavy atom. The monoisotopic (exact) mass is 333 g/mol. The summed E-state index contributed by atoms with van der Waals surface area (Å²) < 4.78 is 6.49. The van der Waals surface area contributed by atoms with E-state index in [2.05, 4.69) is 34.8 Å². The molecule has 0 spiro atoms. The second-order valence-electron chi connectivity index (χ2n) is 3.45. The summed E-state index contributed by atoms with van der Waals surface area (Å²) in [5, 5.41) is 2.80. The first-order valence-corrected chi connectivity index (χ1v) is 6.45. The fraction of sp³-hybridized carbons (Fsp3) is 0.417. The third-order valence-electron chi connectivity index (χ3n) is 2.04. The highest BCUT2D eigenvalue weighted by Crippen LogP contribution is 2.13. The number of nitrogens with one attached hydrogen (secondary N) is 1. The summed E-state index contributed by atoms with van der Waals surface area (Å²) in [6.45, 7) is 2.91. The lowest BCUT2D eigenvalue weighted by Crippen LogP contribution is -2.29. The summed E-state index contributed by atoms with van der Waals surface area (Å²) in [7, 11) is 0. The average Bonchev–Trinajstić information content (AvgIpc) is 2.29. The zero-order valence-electron chi connectivity index (χ0n) is 9.33. The Labute approximate surface area is 110 Å². The Bertz CT molecular complexity index is 324. The van der Waals surface area contributed by atoms with Gasteiger partial charge in [0.1, 0.15) is 5.75 Å². The molecule has 0 unspecified atom stereocenters. The van der Waals surface area contributed by atoms with Crippen LogP contribution < -0.4 is 10.1 Å². The third kappa shape index (κ3) is 5.34. The molecular weight excluding hydrogens is 317 g/mol. The van der Waals surface area contributed by atoms with Crippen LogP contribution in [0.5, 0.6) is 5.75 Å². The van der Waals surface area contributed by atoms with Gasteiger partial charge in [-0.1, -0.05) is 13.3 Å². The summed E-state index contributed by atoms with van der Waals surface area (Å²) in [4.78, 5) is 11.3. The molecule has 88 valence electrons. The van der Waals surface area contributed by atoms with Crippen molar-refractivity contribution in [1.29, 1.82) is 0 Å². The summed E-state index contributed by atoms with van der Waals surface area (Å²) >= 11 is 2.23. The Morgan fingerprint density at radius 2 is 2.06 bits per heavy atom. The Kier molecular flexibility index (Phi) is 6.22. The zero-order chi connectivity index (χ0) is 11.8. The number of amides is 1. The van der Waals surface area contributed by atoms with Crippen molar-refractivity contribution < 1.29 is 9.53 Å². The van der Waals surface area contributed by atoms with E-state index in [1.54, 1.807) is 0 Å². The van der Waals surface area contributed by atoms with E-state index in [0.717, 1.165) is 28.7 Å². The van der Waals surface area contributed by atoms with Gasteiger partial charge in [-0.25, -0.2) is 0 Å². The number of carbonyl (C=O) groups excluding carboxylic acids is 1. The van der Waals surface area contributed by atoms with Crippen LogP contribution in [0.15, 0.2) is 24.3 Å². The standard InChI is InChI=1S/C12H16INO2/c1-2-3-8-14-12(15)9-16-11-6-4-10(13)5-7-11/h4-7H,2-3,8-9H2,1H3,(H,14,15). The molecule has 0 bridgehead atoms. The predicted molar refractivity (Wildman–Crippen MR) is 72.6 cm³/mol. The molecule has 0 aliphatic heterocycles. The lowest BCUT2D eigenvalue weighted by atomic mass is 10.3. The van der Waals surface area contributed by atoms with E-state index < -0.39 is 0 Å². The molecule has 0 saturated heterocycles. The first-order chi connectivity index (χ1) is 7.72. The maximum atomic E-state index is 11.3. The molecule has 1 aromatic rings.